The number of rotatable bonds is 7. The van der Waals surface area contributed by atoms with Crippen LogP contribution < -0.4 is 10.6 Å². The van der Waals surface area contributed by atoms with E-state index in [1.54, 1.807) is 19.1 Å². The third-order valence-electron chi connectivity index (χ3n) is 6.38. The van der Waals surface area contributed by atoms with E-state index < -0.39 is 0 Å². The molecule has 0 unspecified atom stereocenters. The number of likely N-dealkylation sites (tertiary alicyclic amines) is 1. The largest absolute Gasteiger partial charge is 0.496 e. The highest BCUT2D eigenvalue weighted by Gasteiger charge is 2.23. The monoisotopic (exact) mass is 479 g/mol. The molecule has 2 N–H and O–H groups in total. The lowest BCUT2D eigenvalue weighted by atomic mass is 9.96. The molecule has 0 atom stereocenters. The van der Waals surface area contributed by atoms with Crippen LogP contribution >= 0.6 is 11.8 Å². The fraction of sp³-hybridized carbons (Fsp3) is 0.407. The molecule has 1 saturated heterocycles. The van der Waals surface area contributed by atoms with Crippen LogP contribution in [0.15, 0.2) is 59.2 Å². The Hall–Kier alpha value is -2.77. The van der Waals surface area contributed by atoms with Gasteiger partial charge in [-0.15, -0.1) is 11.8 Å². The molecule has 0 aliphatic carbocycles. The zero-order valence-corrected chi connectivity index (χ0v) is 20.7. The van der Waals surface area contributed by atoms with E-state index in [2.05, 4.69) is 46.7 Å². The highest BCUT2D eigenvalue weighted by Crippen LogP contribution is 2.27. The molecule has 0 spiro atoms. The Morgan fingerprint density at radius 2 is 1.76 bits per heavy atom. The molecule has 2 aliphatic heterocycles. The number of benzene rings is 2. The van der Waals surface area contributed by atoms with Crippen molar-refractivity contribution in [2.75, 3.05) is 37.3 Å². The second-order valence-electron chi connectivity index (χ2n) is 9.00. The number of para-hydroxylation sites is 1. The quantitative estimate of drug-likeness (QED) is 0.609. The lowest BCUT2D eigenvalue weighted by molar-refractivity contribution is -0.112. The van der Waals surface area contributed by atoms with Crippen LogP contribution in [0.1, 0.15) is 41.3 Å². The molecule has 0 radical (unpaired) electrons. The van der Waals surface area contributed by atoms with Crippen molar-refractivity contribution in [3.63, 3.8) is 0 Å². The first-order valence-electron chi connectivity index (χ1n) is 11.9. The minimum Gasteiger partial charge on any atom is -0.496 e. The highest BCUT2D eigenvalue weighted by atomic mass is 32.2. The van der Waals surface area contributed by atoms with Crippen LogP contribution in [0.25, 0.3) is 0 Å². The van der Waals surface area contributed by atoms with Crippen molar-refractivity contribution < 1.29 is 14.3 Å². The fourth-order valence-electron chi connectivity index (χ4n) is 4.33. The number of aryl methyl sites for hydroxylation is 1. The van der Waals surface area contributed by atoms with Gasteiger partial charge in [0.15, 0.2) is 0 Å². The van der Waals surface area contributed by atoms with Gasteiger partial charge in [-0.2, -0.15) is 0 Å². The van der Waals surface area contributed by atoms with Crippen LogP contribution in [-0.4, -0.2) is 48.7 Å². The van der Waals surface area contributed by atoms with Gasteiger partial charge in [-0.1, -0.05) is 42.0 Å². The molecule has 7 heteroatoms. The van der Waals surface area contributed by atoms with Gasteiger partial charge in [0.2, 0.25) is 0 Å². The van der Waals surface area contributed by atoms with Crippen LogP contribution in [0, 0.1) is 12.8 Å². The van der Waals surface area contributed by atoms with E-state index in [1.807, 2.05) is 12.1 Å². The van der Waals surface area contributed by atoms with E-state index in [0.717, 1.165) is 38.2 Å². The first-order chi connectivity index (χ1) is 16.5. The average Bonchev–Trinajstić information content (AvgIpc) is 2.85. The van der Waals surface area contributed by atoms with Crippen molar-refractivity contribution in [1.82, 2.24) is 10.2 Å². The Kier molecular flexibility index (Phi) is 8.29. The summed E-state index contributed by atoms with van der Waals surface area (Å²) in [7, 11) is 0. The van der Waals surface area contributed by atoms with E-state index in [1.165, 1.54) is 22.9 Å². The Morgan fingerprint density at radius 3 is 2.50 bits per heavy atom. The lowest BCUT2D eigenvalue weighted by Gasteiger charge is -2.32. The number of amides is 2. The molecule has 0 saturated carbocycles. The fourth-order valence-corrected chi connectivity index (χ4v) is 5.15. The van der Waals surface area contributed by atoms with Gasteiger partial charge in [-0.3, -0.25) is 14.5 Å². The first kappa shape index (κ1) is 24.4. The molecule has 0 bridgehead atoms. The summed E-state index contributed by atoms with van der Waals surface area (Å²) < 4.78 is 5.49. The second kappa shape index (κ2) is 11.6. The summed E-state index contributed by atoms with van der Waals surface area (Å²) in [6.45, 7) is 8.21. The molecule has 2 aromatic carbocycles. The molecular formula is C27H33N3O3S. The van der Waals surface area contributed by atoms with Crippen molar-refractivity contribution in [3.8, 4) is 0 Å². The molecule has 2 heterocycles. The van der Waals surface area contributed by atoms with Crippen LogP contribution in [0.4, 0.5) is 5.69 Å². The topological polar surface area (TPSA) is 70.7 Å². The average molecular weight is 480 g/mol. The van der Waals surface area contributed by atoms with Gasteiger partial charge < -0.3 is 15.4 Å². The maximum Gasteiger partial charge on any atom is 0.265 e. The van der Waals surface area contributed by atoms with Crippen LogP contribution in [0.3, 0.4) is 0 Å². The normalized spacial score (nSPS) is 17.2. The molecular weight excluding hydrogens is 446 g/mol. The molecule has 180 valence electrons. The van der Waals surface area contributed by atoms with E-state index >= 15 is 0 Å². The number of nitrogens with zero attached hydrogens (tertiary/aromatic N) is 1. The van der Waals surface area contributed by atoms with Gasteiger partial charge in [0, 0.05) is 18.8 Å². The van der Waals surface area contributed by atoms with Crippen LogP contribution in [0.2, 0.25) is 0 Å². The van der Waals surface area contributed by atoms with E-state index in [0.29, 0.717) is 41.0 Å². The molecule has 34 heavy (non-hydrogen) atoms. The number of carbonyl (C=O) groups excluding carboxylic acids is 2. The summed E-state index contributed by atoms with van der Waals surface area (Å²) in [6.07, 6.45) is 2.13. The van der Waals surface area contributed by atoms with Gasteiger partial charge >= 0.3 is 0 Å². The lowest BCUT2D eigenvalue weighted by Crippen LogP contribution is -2.38. The standard InChI is InChI=1S/C27H33N3O3S/c1-19-7-9-22(10-8-19)18-30-13-11-21(12-14-30)17-28-26(31)23-5-3-4-6-24(23)29-27(32)25-20(2)33-15-16-34-25/h3-10,21H,11-18H2,1-2H3,(H,28,31)(H,29,32). The number of hydrogen-bond donors (Lipinski definition) is 2. The first-order valence-corrected chi connectivity index (χ1v) is 12.9. The number of piperidine rings is 1. The number of hydrogen-bond acceptors (Lipinski definition) is 5. The zero-order chi connectivity index (χ0) is 23.9. The van der Waals surface area contributed by atoms with Gasteiger partial charge in [0.05, 0.1) is 17.9 Å². The summed E-state index contributed by atoms with van der Waals surface area (Å²) in [5.41, 5.74) is 3.63. The van der Waals surface area contributed by atoms with Crippen LogP contribution in [0.5, 0.6) is 0 Å². The summed E-state index contributed by atoms with van der Waals surface area (Å²) in [5, 5.41) is 5.99. The number of nitrogens with one attached hydrogen (secondary N) is 2. The Balaban J connectivity index is 1.27. The molecule has 1 fully saturated rings. The van der Waals surface area contributed by atoms with E-state index in [4.69, 9.17) is 4.74 Å². The number of carbonyl (C=O) groups is 2. The maximum atomic E-state index is 12.9. The second-order valence-corrected chi connectivity index (χ2v) is 10.1. The molecule has 4 rings (SSSR count). The van der Waals surface area contributed by atoms with Crippen LogP contribution in [-0.2, 0) is 16.1 Å². The number of ether oxygens (including phenoxy) is 1. The van der Waals surface area contributed by atoms with E-state index in [9.17, 15) is 9.59 Å². The summed E-state index contributed by atoms with van der Waals surface area (Å²) in [5.74, 6) is 1.44. The molecule has 2 aromatic rings. The summed E-state index contributed by atoms with van der Waals surface area (Å²) >= 11 is 1.48. The predicted octanol–water partition coefficient (Wildman–Crippen LogP) is 4.57. The molecule has 2 amide bonds. The number of allylic oxidation sites excluding steroid dienone is 1. The summed E-state index contributed by atoms with van der Waals surface area (Å²) in [6, 6.07) is 15.9. The third kappa shape index (κ3) is 6.42. The van der Waals surface area contributed by atoms with E-state index in [-0.39, 0.29) is 11.8 Å². The van der Waals surface area contributed by atoms with Crippen molar-refractivity contribution in [1.29, 1.82) is 0 Å². The smallest absolute Gasteiger partial charge is 0.265 e. The zero-order valence-electron chi connectivity index (χ0n) is 19.9. The SMILES string of the molecule is CC1=C(C(=O)Nc2ccccc2C(=O)NCC2CCN(Cc3ccc(C)cc3)CC2)SCCO1. The number of thioether (sulfide) groups is 1. The minimum atomic E-state index is -0.233. The Labute approximate surface area is 206 Å². The van der Waals surface area contributed by atoms with Gasteiger partial charge in [-0.05, 0) is 63.4 Å². The van der Waals surface area contributed by atoms with Crippen molar-refractivity contribution in [2.45, 2.75) is 33.2 Å². The molecule has 2 aliphatic rings. The predicted molar refractivity (Wildman–Crippen MR) is 138 cm³/mol. The van der Waals surface area contributed by atoms with Gasteiger partial charge in [0.25, 0.3) is 11.8 Å². The van der Waals surface area contributed by atoms with Crippen molar-refractivity contribution in [2.24, 2.45) is 5.92 Å². The van der Waals surface area contributed by atoms with Crippen molar-refractivity contribution >= 4 is 29.3 Å². The number of anilines is 1. The minimum absolute atomic E-state index is 0.156. The Bertz CT molecular complexity index is 1040. The highest BCUT2D eigenvalue weighted by molar-refractivity contribution is 8.04. The Morgan fingerprint density at radius 1 is 1.03 bits per heavy atom. The van der Waals surface area contributed by atoms with Gasteiger partial charge in [-0.25, -0.2) is 0 Å². The molecule has 6 nitrogen and oxygen atoms in total. The summed E-state index contributed by atoms with van der Waals surface area (Å²) in [4.78, 5) is 28.7. The van der Waals surface area contributed by atoms with Gasteiger partial charge in [0.1, 0.15) is 10.7 Å². The molecule has 0 aromatic heterocycles. The maximum absolute atomic E-state index is 12.9. The van der Waals surface area contributed by atoms with Crippen molar-refractivity contribution in [3.05, 3.63) is 75.9 Å². The third-order valence-corrected chi connectivity index (χ3v) is 7.51.